The second-order valence-electron chi connectivity index (χ2n) is 4.21. The molecule has 3 rings (SSSR count). The number of H-pyrrole nitrogens is 1. The van der Waals surface area contributed by atoms with E-state index < -0.39 is 5.91 Å². The molecule has 1 amide bonds. The van der Waals surface area contributed by atoms with E-state index in [1.807, 2.05) is 0 Å². The SMILES string of the molecule is O=C(Nc1cccnc1-n1cccn1)c1cccc(=O)[nH]1. The smallest absolute Gasteiger partial charge is 0.272 e. The average molecular weight is 281 g/mol. The first kappa shape index (κ1) is 12.8. The highest BCUT2D eigenvalue weighted by Gasteiger charge is 2.11. The number of hydrogen-bond acceptors (Lipinski definition) is 4. The van der Waals surface area contributed by atoms with Gasteiger partial charge in [-0.2, -0.15) is 5.10 Å². The highest BCUT2D eigenvalue weighted by atomic mass is 16.2. The molecule has 3 aromatic rings. The van der Waals surface area contributed by atoms with Crippen LogP contribution in [0.1, 0.15) is 10.5 Å². The first-order chi connectivity index (χ1) is 10.2. The molecule has 0 radical (unpaired) electrons. The summed E-state index contributed by atoms with van der Waals surface area (Å²) in [6.45, 7) is 0. The van der Waals surface area contributed by atoms with Gasteiger partial charge in [-0.3, -0.25) is 9.59 Å². The maximum Gasteiger partial charge on any atom is 0.272 e. The largest absolute Gasteiger partial charge is 0.318 e. The van der Waals surface area contributed by atoms with Crippen molar-refractivity contribution in [3.63, 3.8) is 0 Å². The number of aromatic amines is 1. The van der Waals surface area contributed by atoms with Gasteiger partial charge < -0.3 is 10.3 Å². The number of nitrogens with zero attached hydrogens (tertiary/aromatic N) is 3. The number of pyridine rings is 2. The molecule has 0 unspecified atom stereocenters. The van der Waals surface area contributed by atoms with Crippen LogP contribution in [0.5, 0.6) is 0 Å². The molecule has 0 aliphatic rings. The van der Waals surface area contributed by atoms with Crippen LogP contribution in [0.2, 0.25) is 0 Å². The molecule has 0 aliphatic heterocycles. The molecule has 0 atom stereocenters. The first-order valence-corrected chi connectivity index (χ1v) is 6.20. The predicted molar refractivity (Wildman–Crippen MR) is 76.4 cm³/mol. The van der Waals surface area contributed by atoms with Gasteiger partial charge in [0.25, 0.3) is 5.91 Å². The molecule has 0 aliphatic carbocycles. The van der Waals surface area contributed by atoms with Crippen LogP contribution in [0.4, 0.5) is 5.69 Å². The van der Waals surface area contributed by atoms with Crippen molar-refractivity contribution >= 4 is 11.6 Å². The zero-order valence-electron chi connectivity index (χ0n) is 10.9. The molecule has 7 heteroatoms. The highest BCUT2D eigenvalue weighted by Crippen LogP contribution is 2.16. The van der Waals surface area contributed by atoms with E-state index >= 15 is 0 Å². The van der Waals surface area contributed by atoms with Crippen LogP contribution in [0.3, 0.4) is 0 Å². The number of anilines is 1. The Balaban J connectivity index is 1.92. The summed E-state index contributed by atoms with van der Waals surface area (Å²) < 4.78 is 1.54. The molecule has 104 valence electrons. The normalized spacial score (nSPS) is 10.3. The van der Waals surface area contributed by atoms with E-state index in [1.54, 1.807) is 41.5 Å². The second-order valence-corrected chi connectivity index (χ2v) is 4.21. The highest BCUT2D eigenvalue weighted by molar-refractivity contribution is 6.03. The fourth-order valence-corrected chi connectivity index (χ4v) is 1.84. The third-order valence-electron chi connectivity index (χ3n) is 2.77. The number of rotatable bonds is 3. The molecule has 0 saturated heterocycles. The van der Waals surface area contributed by atoms with E-state index in [2.05, 4.69) is 20.4 Å². The minimum absolute atomic E-state index is 0.178. The molecule has 0 fully saturated rings. The number of amides is 1. The maximum absolute atomic E-state index is 12.1. The summed E-state index contributed by atoms with van der Waals surface area (Å²) in [5, 5.41) is 6.80. The van der Waals surface area contributed by atoms with E-state index in [1.165, 1.54) is 18.2 Å². The van der Waals surface area contributed by atoms with Crippen molar-refractivity contribution in [1.29, 1.82) is 0 Å². The predicted octanol–water partition coefficient (Wildman–Crippen LogP) is 1.21. The van der Waals surface area contributed by atoms with Crippen molar-refractivity contribution in [2.75, 3.05) is 5.32 Å². The van der Waals surface area contributed by atoms with E-state index in [-0.39, 0.29) is 11.3 Å². The van der Waals surface area contributed by atoms with E-state index in [0.29, 0.717) is 11.5 Å². The van der Waals surface area contributed by atoms with Crippen LogP contribution in [0.15, 0.2) is 59.8 Å². The summed E-state index contributed by atoms with van der Waals surface area (Å²) in [6, 6.07) is 9.57. The summed E-state index contributed by atoms with van der Waals surface area (Å²) in [5.41, 5.74) is 0.342. The lowest BCUT2D eigenvalue weighted by Gasteiger charge is -2.09. The summed E-state index contributed by atoms with van der Waals surface area (Å²) >= 11 is 0. The minimum atomic E-state index is -0.422. The molecule has 2 N–H and O–H groups in total. The van der Waals surface area contributed by atoms with Crippen LogP contribution in [-0.4, -0.2) is 25.7 Å². The van der Waals surface area contributed by atoms with Gasteiger partial charge in [-0.15, -0.1) is 0 Å². The minimum Gasteiger partial charge on any atom is -0.318 e. The Kier molecular flexibility index (Phi) is 3.30. The number of aromatic nitrogens is 4. The van der Waals surface area contributed by atoms with Crippen LogP contribution in [0.25, 0.3) is 5.82 Å². The third kappa shape index (κ3) is 2.71. The number of carbonyl (C=O) groups excluding carboxylic acids is 1. The topological polar surface area (TPSA) is 92.7 Å². The monoisotopic (exact) mass is 281 g/mol. The summed E-state index contributed by atoms with van der Waals surface area (Å²) in [5.74, 6) is 0.0724. The molecule has 3 heterocycles. The Morgan fingerprint density at radius 3 is 2.81 bits per heavy atom. The Bertz CT molecular complexity index is 823. The summed E-state index contributed by atoms with van der Waals surface area (Å²) in [6.07, 6.45) is 4.95. The van der Waals surface area contributed by atoms with Crippen molar-refractivity contribution in [2.45, 2.75) is 0 Å². The quantitative estimate of drug-likeness (QED) is 0.754. The Labute approximate surface area is 119 Å². The molecule has 0 saturated carbocycles. The fraction of sp³-hybridized carbons (Fsp3) is 0. The lowest BCUT2D eigenvalue weighted by molar-refractivity contribution is 0.102. The Morgan fingerprint density at radius 2 is 2.05 bits per heavy atom. The van der Waals surface area contributed by atoms with Gasteiger partial charge >= 0.3 is 0 Å². The van der Waals surface area contributed by atoms with Gasteiger partial charge in [0.15, 0.2) is 5.82 Å². The molecular weight excluding hydrogens is 270 g/mol. The summed E-state index contributed by atoms with van der Waals surface area (Å²) in [4.78, 5) is 30.1. The molecule has 0 spiro atoms. The van der Waals surface area contributed by atoms with Gasteiger partial charge in [-0.05, 0) is 24.3 Å². The van der Waals surface area contributed by atoms with Crippen LogP contribution >= 0.6 is 0 Å². The first-order valence-electron chi connectivity index (χ1n) is 6.20. The van der Waals surface area contributed by atoms with E-state index in [9.17, 15) is 9.59 Å². The molecule has 0 bridgehead atoms. The molecular formula is C14H11N5O2. The molecule has 3 aromatic heterocycles. The van der Waals surface area contributed by atoms with Gasteiger partial charge in [0.1, 0.15) is 5.69 Å². The number of carbonyl (C=O) groups is 1. The third-order valence-corrected chi connectivity index (χ3v) is 2.77. The van der Waals surface area contributed by atoms with Gasteiger partial charge in [0.2, 0.25) is 5.56 Å². The summed E-state index contributed by atoms with van der Waals surface area (Å²) in [7, 11) is 0. The standard InChI is InChI=1S/C14H11N5O2/c20-12-6-1-4-11(17-12)14(21)18-10-5-2-7-15-13(10)19-9-3-8-16-19/h1-9H,(H,17,20)(H,18,21). The second kappa shape index (κ2) is 5.41. The van der Waals surface area contributed by atoms with Gasteiger partial charge in [-0.25, -0.2) is 9.67 Å². The van der Waals surface area contributed by atoms with E-state index in [4.69, 9.17) is 0 Å². The van der Waals surface area contributed by atoms with Crippen LogP contribution in [0, 0.1) is 0 Å². The number of nitrogens with one attached hydrogen (secondary N) is 2. The van der Waals surface area contributed by atoms with Crippen LogP contribution in [-0.2, 0) is 0 Å². The zero-order chi connectivity index (χ0) is 14.7. The lowest BCUT2D eigenvalue weighted by Crippen LogP contribution is -2.19. The van der Waals surface area contributed by atoms with Gasteiger partial charge in [0, 0.05) is 24.7 Å². The lowest BCUT2D eigenvalue weighted by atomic mass is 10.3. The molecule has 0 aromatic carbocycles. The van der Waals surface area contributed by atoms with Crippen LogP contribution < -0.4 is 10.9 Å². The van der Waals surface area contributed by atoms with Gasteiger partial charge in [-0.1, -0.05) is 6.07 Å². The van der Waals surface area contributed by atoms with Crippen molar-refractivity contribution in [3.05, 3.63) is 71.0 Å². The van der Waals surface area contributed by atoms with Crippen molar-refractivity contribution < 1.29 is 4.79 Å². The van der Waals surface area contributed by atoms with Crippen molar-refractivity contribution in [1.82, 2.24) is 19.7 Å². The maximum atomic E-state index is 12.1. The Hall–Kier alpha value is -3.22. The average Bonchev–Trinajstić information content (AvgIpc) is 3.02. The van der Waals surface area contributed by atoms with Crippen molar-refractivity contribution in [2.24, 2.45) is 0 Å². The molecule has 7 nitrogen and oxygen atoms in total. The Morgan fingerprint density at radius 1 is 1.14 bits per heavy atom. The van der Waals surface area contributed by atoms with Gasteiger partial charge in [0.05, 0.1) is 5.69 Å². The fourth-order valence-electron chi connectivity index (χ4n) is 1.84. The molecule has 21 heavy (non-hydrogen) atoms. The van der Waals surface area contributed by atoms with Crippen molar-refractivity contribution in [3.8, 4) is 5.82 Å². The van der Waals surface area contributed by atoms with E-state index in [0.717, 1.165) is 0 Å². The number of hydrogen-bond donors (Lipinski definition) is 2. The zero-order valence-corrected chi connectivity index (χ0v) is 10.9.